The van der Waals surface area contributed by atoms with E-state index in [0.29, 0.717) is 68.0 Å². The van der Waals surface area contributed by atoms with E-state index in [9.17, 15) is 31.2 Å². The number of carbonyl (C=O) groups excluding carboxylic acids is 3. The van der Waals surface area contributed by atoms with Crippen molar-refractivity contribution in [3.05, 3.63) is 60.4 Å². The lowest BCUT2D eigenvalue weighted by molar-refractivity contribution is -0.266. The van der Waals surface area contributed by atoms with Gasteiger partial charge in [0.15, 0.2) is 41.6 Å². The number of halogens is 4. The first-order valence-electron chi connectivity index (χ1n) is 38.6. The largest absolute Gasteiger partial charge is 0.534 e. The number of hydrogen-bond acceptors (Lipinski definition) is 18. The van der Waals surface area contributed by atoms with Gasteiger partial charge in [0.1, 0.15) is 53.9 Å². The summed E-state index contributed by atoms with van der Waals surface area (Å²) in [4.78, 5) is 41.9. The van der Waals surface area contributed by atoms with Crippen LogP contribution in [0.4, 0.5) is 13.2 Å². The molecule has 0 aromatic heterocycles. The third kappa shape index (κ3) is 23.6. The second kappa shape index (κ2) is 35.7. The zero-order valence-electron chi connectivity index (χ0n) is 69.3. The number of hydrogen-bond donors (Lipinski definition) is 0. The van der Waals surface area contributed by atoms with Gasteiger partial charge in [-0.2, -0.15) is 21.6 Å². The van der Waals surface area contributed by atoms with Crippen molar-refractivity contribution in [1.29, 1.82) is 0 Å². The fourth-order valence-corrected chi connectivity index (χ4v) is 21.3. The molecule has 610 valence electrons. The molecule has 0 spiro atoms. The first kappa shape index (κ1) is 93.3. The van der Waals surface area contributed by atoms with E-state index in [0.717, 1.165) is 6.29 Å². The first-order chi connectivity index (χ1) is 48.2. The van der Waals surface area contributed by atoms with Crippen molar-refractivity contribution >= 4 is 92.3 Å². The molecule has 1 aromatic carbocycles. The molecule has 18 nitrogen and oxygen atoms in total. The number of benzene rings is 1. The van der Waals surface area contributed by atoms with Gasteiger partial charge in [-0.1, -0.05) is 164 Å². The van der Waals surface area contributed by atoms with Crippen LogP contribution in [0.5, 0.6) is 0 Å². The average molecular weight is 1720 g/mol. The third-order valence-corrected chi connectivity index (χ3v) is 50.0. The summed E-state index contributed by atoms with van der Waals surface area (Å²) in [5, 5.41) is -0.910. The fourth-order valence-electron chi connectivity index (χ4n) is 13.5. The van der Waals surface area contributed by atoms with Gasteiger partial charge in [0, 0.05) is 55.5 Å². The van der Waals surface area contributed by atoms with Crippen LogP contribution in [0.3, 0.4) is 0 Å². The molecule has 4 unspecified atom stereocenters. The topological polar surface area (TPSA) is 205 Å². The molecular formula is C78H136F3IO18SSi5. The molecule has 0 bridgehead atoms. The molecule has 0 saturated carbocycles. The van der Waals surface area contributed by atoms with Gasteiger partial charge in [-0.05, 0) is 154 Å². The van der Waals surface area contributed by atoms with Gasteiger partial charge in [-0.15, -0.1) is 0 Å². The van der Waals surface area contributed by atoms with Gasteiger partial charge in [0.05, 0.1) is 73.2 Å². The summed E-state index contributed by atoms with van der Waals surface area (Å²) < 4.78 is 154. The molecule has 28 heteroatoms. The minimum absolute atomic E-state index is 0.0196. The minimum atomic E-state index is -5.89. The van der Waals surface area contributed by atoms with Crippen LogP contribution in [0.2, 0.25) is 90.7 Å². The smallest absolute Gasteiger partial charge is 0.455 e. The quantitative estimate of drug-likeness (QED) is 0.00724. The standard InChI is InChI=1S/C78H136F3IO18SSi5/c1-51(52(2)96-101(86,87)78(79,80)81)44-57-38-41-65-77(50-82,95-57)48-58(90-65)35-34-55(92-71(85)53-32-30-29-31-33-53)36-40-63(98-104(23,24)74(9,10)11)68-70(100-106(27,28)76(15,16)17)69(99-105(25,26)75(12,13)14)67-62(94-68)39-37-56(91-67)45-54(84)46-60-61(42-43-83)93-64(66(60)88-18)47-59(97-103(21,22)73(6,7)8)49-89-102(19,20)72(3,4)5/h29-33,36,40,43,51,55-70H,2,34-35,37-39,41-42,44-50H2,1,3-28H3/t51?,55?,56-,57-,58+,59?,60+,61+,62+,63?,64-,65+,66-,67+,68+,69+,70-,77-/m1/s1. The Hall–Kier alpha value is -1.58. The zero-order chi connectivity index (χ0) is 80.4. The van der Waals surface area contributed by atoms with E-state index in [2.05, 4.69) is 203 Å². The van der Waals surface area contributed by atoms with Gasteiger partial charge >= 0.3 is 21.6 Å². The molecule has 6 rings (SSSR count). The second-order valence-electron chi connectivity index (χ2n) is 38.5. The summed E-state index contributed by atoms with van der Waals surface area (Å²) in [6, 6.07) is 8.85. The lowest BCUT2D eigenvalue weighted by atomic mass is 9.85. The third-order valence-electron chi connectivity index (χ3n) is 25.3. The summed E-state index contributed by atoms with van der Waals surface area (Å²) in [6.07, 6.45) is 0.777. The molecule has 5 saturated heterocycles. The van der Waals surface area contributed by atoms with E-state index in [1.54, 1.807) is 38.3 Å². The Morgan fingerprint density at radius 3 is 1.76 bits per heavy atom. The number of allylic oxidation sites excluding steroid dienone is 1. The number of ketones is 1. The SMILES string of the molecule is C=C(OS(=O)(=O)C(F)(F)F)C(C)C[C@H]1CC[C@@H]2O[C@@H](CCC(C=CC(O[Si](C)(C)C(C)(C)C)[C@@H]3O[C@H]4CC[C@H](CC(=O)C[C@@H]5[C@@H](OC)[C@@H](CC(CO[Si](C)(C)C(C)(C)C)O[Si](C)(C)C(C)(C)C)O[C@H]5CC=O)O[C@@H]4[C@H](O[Si](C)(C)C(C)(C)C)[C@@H]3O[Si](C)(C)C(C)(C)C)OC(=O)c3ccccc3)C[C@]2(CI)O1. The van der Waals surface area contributed by atoms with Crippen molar-refractivity contribution in [2.75, 3.05) is 18.1 Å². The number of alkyl halides is 4. The number of ether oxygens (including phenoxy) is 7. The van der Waals surface area contributed by atoms with Crippen LogP contribution < -0.4 is 0 Å². The Kier molecular flexibility index (Phi) is 31.4. The van der Waals surface area contributed by atoms with Crippen LogP contribution in [-0.4, -0.2) is 189 Å². The van der Waals surface area contributed by atoms with Crippen molar-refractivity contribution < 1.29 is 95.4 Å². The number of carbonyl (C=O) groups is 3. The molecule has 0 radical (unpaired) electrons. The van der Waals surface area contributed by atoms with Crippen molar-refractivity contribution in [3.63, 3.8) is 0 Å². The summed E-state index contributed by atoms with van der Waals surface area (Å²) in [5.41, 5.74) is -5.97. The Morgan fingerprint density at radius 1 is 0.670 bits per heavy atom. The van der Waals surface area contributed by atoms with E-state index in [1.165, 1.54) is 0 Å². The molecule has 0 amide bonds. The maximum absolute atomic E-state index is 15.0. The number of rotatable bonds is 34. The van der Waals surface area contributed by atoms with E-state index in [4.69, 9.17) is 55.3 Å². The highest BCUT2D eigenvalue weighted by Crippen LogP contribution is 2.51. The normalized spacial score (nSPS) is 29.1. The number of methoxy groups -OCH3 is 1. The minimum Gasteiger partial charge on any atom is -0.455 e. The molecular weight excluding hydrogens is 1580 g/mol. The number of fused-ring (bicyclic) bond motifs is 2. The molecule has 0 N–H and O–H groups in total. The Labute approximate surface area is 654 Å². The molecule has 106 heavy (non-hydrogen) atoms. The predicted molar refractivity (Wildman–Crippen MR) is 432 cm³/mol. The van der Waals surface area contributed by atoms with Crippen molar-refractivity contribution in [2.24, 2.45) is 11.8 Å². The highest BCUT2D eigenvalue weighted by Gasteiger charge is 2.60. The highest BCUT2D eigenvalue weighted by atomic mass is 127. The predicted octanol–water partition coefficient (Wildman–Crippen LogP) is 19.1. The van der Waals surface area contributed by atoms with Crippen LogP contribution in [-0.2, 0) is 79.2 Å². The second-order valence-corrected chi connectivity index (χ2v) is 64.7. The maximum Gasteiger partial charge on any atom is 0.534 e. The Morgan fingerprint density at radius 2 is 1.23 bits per heavy atom. The van der Waals surface area contributed by atoms with E-state index < -0.39 is 160 Å². The van der Waals surface area contributed by atoms with Crippen LogP contribution in [0.15, 0.2) is 54.8 Å². The number of aldehydes is 1. The molecule has 5 aliphatic rings. The van der Waals surface area contributed by atoms with Crippen molar-refractivity contribution in [3.8, 4) is 0 Å². The fraction of sp³-hybridized carbons (Fsp3) is 0.833. The first-order valence-corrected chi connectivity index (χ1v) is 56.1. The van der Waals surface area contributed by atoms with Gasteiger partial charge in [0.2, 0.25) is 0 Å². The summed E-state index contributed by atoms with van der Waals surface area (Å²) in [5.74, 6) is -2.24. The number of Topliss-reactive ketones (excluding diaryl/α,β-unsaturated/α-hetero) is 1. The van der Waals surface area contributed by atoms with E-state index in [1.807, 2.05) is 18.2 Å². The van der Waals surface area contributed by atoms with Crippen LogP contribution >= 0.6 is 22.6 Å². The maximum atomic E-state index is 15.0. The molecule has 5 fully saturated rings. The van der Waals surface area contributed by atoms with Gasteiger partial charge < -0.3 is 64.3 Å². The summed E-state index contributed by atoms with van der Waals surface area (Å²) >= 11 is 2.29. The van der Waals surface area contributed by atoms with Gasteiger partial charge in [-0.3, -0.25) is 4.79 Å². The molecule has 5 aliphatic heterocycles. The molecule has 0 aliphatic carbocycles. The van der Waals surface area contributed by atoms with Crippen LogP contribution in [0.1, 0.15) is 198 Å². The molecule has 1 aromatic rings. The van der Waals surface area contributed by atoms with Crippen molar-refractivity contribution in [2.45, 2.75) is 381 Å². The highest BCUT2D eigenvalue weighted by molar-refractivity contribution is 14.1. The summed E-state index contributed by atoms with van der Waals surface area (Å²) in [6.45, 7) is 61.1. The van der Waals surface area contributed by atoms with Crippen molar-refractivity contribution in [1.82, 2.24) is 0 Å². The summed E-state index contributed by atoms with van der Waals surface area (Å²) in [7, 11) is -17.0. The van der Waals surface area contributed by atoms with E-state index >= 15 is 4.79 Å². The monoisotopic (exact) mass is 1720 g/mol. The molecule has 18 atom stereocenters. The number of esters is 1. The van der Waals surface area contributed by atoms with Gasteiger partial charge in [0.25, 0.3) is 0 Å². The lowest BCUT2D eigenvalue weighted by Gasteiger charge is -2.56. The Balaban J connectivity index is 1.35. The molecule has 5 heterocycles. The Bertz CT molecular complexity index is 3220. The zero-order valence-corrected chi connectivity index (χ0v) is 77.3. The van der Waals surface area contributed by atoms with E-state index in [-0.39, 0.29) is 75.0 Å². The lowest BCUT2D eigenvalue weighted by Crippen LogP contribution is -2.69. The average Bonchev–Trinajstić information content (AvgIpc) is 0.925. The van der Waals surface area contributed by atoms with Crippen LogP contribution in [0.25, 0.3) is 0 Å². The van der Waals surface area contributed by atoms with Crippen LogP contribution in [0, 0.1) is 11.8 Å². The van der Waals surface area contributed by atoms with Gasteiger partial charge in [-0.25, -0.2) is 4.79 Å².